The molecule has 0 aromatic rings. The van der Waals surface area contributed by atoms with E-state index in [-0.39, 0.29) is 12.5 Å². The van der Waals surface area contributed by atoms with Gasteiger partial charge in [-0.25, -0.2) is 4.79 Å². The van der Waals surface area contributed by atoms with Gasteiger partial charge in [0.15, 0.2) is 0 Å². The molecule has 1 fully saturated rings. The standard InChI is InChI=1S/C10H15F3N2O3/c11-10(12,13)9(18)15-7(8(16)17)5-6-3-1-2-4-14-6/h6-7,14H,1-5H2,(H,15,18)(H,16,17)/t6?,7-/m1/s1. The number of halogens is 3. The van der Waals surface area contributed by atoms with Gasteiger partial charge in [-0.15, -0.1) is 0 Å². The molecule has 1 aliphatic heterocycles. The third-order valence-electron chi connectivity index (χ3n) is 2.79. The van der Waals surface area contributed by atoms with Crippen molar-refractivity contribution in [3.8, 4) is 0 Å². The zero-order valence-electron chi connectivity index (χ0n) is 9.59. The SMILES string of the molecule is O=C(O)[C@@H](CC1CCCCN1)NC(=O)C(F)(F)F. The van der Waals surface area contributed by atoms with Crippen molar-refractivity contribution in [2.75, 3.05) is 6.54 Å². The minimum Gasteiger partial charge on any atom is -0.480 e. The molecule has 104 valence electrons. The topological polar surface area (TPSA) is 78.4 Å². The third-order valence-corrected chi connectivity index (χ3v) is 2.79. The van der Waals surface area contributed by atoms with Gasteiger partial charge in [-0.1, -0.05) is 6.42 Å². The van der Waals surface area contributed by atoms with Crippen molar-refractivity contribution in [2.45, 2.75) is 43.9 Å². The Morgan fingerprint density at radius 1 is 1.39 bits per heavy atom. The number of hydrogen-bond acceptors (Lipinski definition) is 3. The van der Waals surface area contributed by atoms with Gasteiger partial charge in [-0.05, 0) is 25.8 Å². The summed E-state index contributed by atoms with van der Waals surface area (Å²) < 4.78 is 36.1. The third kappa shape index (κ3) is 4.52. The minimum absolute atomic E-state index is 0.0445. The highest BCUT2D eigenvalue weighted by molar-refractivity contribution is 5.86. The van der Waals surface area contributed by atoms with E-state index >= 15 is 0 Å². The van der Waals surface area contributed by atoms with E-state index in [1.807, 2.05) is 0 Å². The molecule has 0 aromatic carbocycles. The molecule has 0 saturated carbocycles. The number of carboxylic acids is 1. The van der Waals surface area contributed by atoms with Crippen molar-refractivity contribution >= 4 is 11.9 Å². The van der Waals surface area contributed by atoms with Crippen molar-refractivity contribution in [3.05, 3.63) is 0 Å². The van der Waals surface area contributed by atoms with E-state index in [0.29, 0.717) is 13.0 Å². The van der Waals surface area contributed by atoms with Crippen molar-refractivity contribution < 1.29 is 27.9 Å². The fourth-order valence-electron chi connectivity index (χ4n) is 1.87. The predicted molar refractivity (Wildman–Crippen MR) is 55.9 cm³/mol. The van der Waals surface area contributed by atoms with Crippen molar-refractivity contribution in [1.29, 1.82) is 0 Å². The second-order valence-corrected chi connectivity index (χ2v) is 4.24. The van der Waals surface area contributed by atoms with Crippen LogP contribution in [0.15, 0.2) is 0 Å². The largest absolute Gasteiger partial charge is 0.480 e. The van der Waals surface area contributed by atoms with Crippen molar-refractivity contribution in [2.24, 2.45) is 0 Å². The molecule has 5 nitrogen and oxygen atoms in total. The van der Waals surface area contributed by atoms with Crippen molar-refractivity contribution in [1.82, 2.24) is 10.6 Å². The molecular formula is C10H15F3N2O3. The molecule has 0 radical (unpaired) electrons. The molecular weight excluding hydrogens is 253 g/mol. The number of alkyl halides is 3. The van der Waals surface area contributed by atoms with Crippen LogP contribution >= 0.6 is 0 Å². The van der Waals surface area contributed by atoms with Crippen molar-refractivity contribution in [3.63, 3.8) is 0 Å². The first-order chi connectivity index (χ1) is 8.30. The van der Waals surface area contributed by atoms with Gasteiger partial charge < -0.3 is 15.7 Å². The van der Waals surface area contributed by atoms with Crippen LogP contribution in [0, 0.1) is 0 Å². The maximum Gasteiger partial charge on any atom is 0.471 e. The van der Waals surface area contributed by atoms with Crippen LogP contribution in [0.2, 0.25) is 0 Å². The summed E-state index contributed by atoms with van der Waals surface area (Å²) in [4.78, 5) is 21.5. The van der Waals surface area contributed by atoms with Crippen LogP contribution in [0.1, 0.15) is 25.7 Å². The Bertz CT molecular complexity index is 314. The van der Waals surface area contributed by atoms with Crippen LogP contribution in [0.3, 0.4) is 0 Å². The monoisotopic (exact) mass is 268 g/mol. The highest BCUT2D eigenvalue weighted by Gasteiger charge is 2.41. The van der Waals surface area contributed by atoms with E-state index in [2.05, 4.69) is 5.32 Å². The molecule has 0 aliphatic carbocycles. The van der Waals surface area contributed by atoms with Gasteiger partial charge >= 0.3 is 18.1 Å². The first-order valence-corrected chi connectivity index (χ1v) is 5.64. The maximum absolute atomic E-state index is 12.0. The summed E-state index contributed by atoms with van der Waals surface area (Å²) in [6.45, 7) is 0.713. The molecule has 0 bridgehead atoms. The van der Waals surface area contributed by atoms with Crippen LogP contribution in [-0.4, -0.2) is 41.8 Å². The van der Waals surface area contributed by atoms with Gasteiger partial charge in [0.25, 0.3) is 0 Å². The molecule has 1 aliphatic rings. The van der Waals surface area contributed by atoms with Crippen LogP contribution in [0.4, 0.5) is 13.2 Å². The number of carboxylic acid groups (broad SMARTS) is 1. The van der Waals surface area contributed by atoms with Gasteiger partial charge in [-0.3, -0.25) is 4.79 Å². The Morgan fingerprint density at radius 3 is 2.50 bits per heavy atom. The average Bonchev–Trinajstić information content (AvgIpc) is 2.28. The molecule has 1 saturated heterocycles. The Kier molecular flexibility index (Phi) is 4.94. The number of piperidine rings is 1. The second-order valence-electron chi connectivity index (χ2n) is 4.24. The number of aliphatic carboxylic acids is 1. The number of amides is 1. The number of carbonyl (C=O) groups excluding carboxylic acids is 1. The molecule has 1 rings (SSSR count). The summed E-state index contributed by atoms with van der Waals surface area (Å²) in [5, 5.41) is 13.3. The van der Waals surface area contributed by atoms with E-state index in [9.17, 15) is 22.8 Å². The lowest BCUT2D eigenvalue weighted by molar-refractivity contribution is -0.175. The normalized spacial score (nSPS) is 22.3. The van der Waals surface area contributed by atoms with E-state index in [1.165, 1.54) is 5.32 Å². The van der Waals surface area contributed by atoms with E-state index in [0.717, 1.165) is 12.8 Å². The summed E-state index contributed by atoms with van der Waals surface area (Å²) in [6, 6.07) is -1.69. The fourth-order valence-corrected chi connectivity index (χ4v) is 1.87. The smallest absolute Gasteiger partial charge is 0.471 e. The average molecular weight is 268 g/mol. The molecule has 1 unspecified atom stereocenters. The van der Waals surface area contributed by atoms with Gasteiger partial charge in [-0.2, -0.15) is 13.2 Å². The second kappa shape index (κ2) is 6.03. The van der Waals surface area contributed by atoms with Crippen LogP contribution in [-0.2, 0) is 9.59 Å². The first kappa shape index (κ1) is 14.7. The van der Waals surface area contributed by atoms with E-state index in [4.69, 9.17) is 5.11 Å². The molecule has 0 aromatic heterocycles. The Hall–Kier alpha value is -1.31. The Morgan fingerprint density at radius 2 is 2.06 bits per heavy atom. The molecule has 0 spiro atoms. The summed E-state index contributed by atoms with van der Waals surface area (Å²) in [5.74, 6) is -3.68. The summed E-state index contributed by atoms with van der Waals surface area (Å²) in [7, 11) is 0. The fraction of sp³-hybridized carbons (Fsp3) is 0.800. The lowest BCUT2D eigenvalue weighted by Crippen LogP contribution is -2.50. The molecule has 8 heteroatoms. The van der Waals surface area contributed by atoms with E-state index < -0.39 is 24.1 Å². The van der Waals surface area contributed by atoms with Gasteiger partial charge in [0.2, 0.25) is 0 Å². The van der Waals surface area contributed by atoms with Gasteiger partial charge in [0.1, 0.15) is 6.04 Å². The zero-order chi connectivity index (χ0) is 13.8. The van der Waals surface area contributed by atoms with E-state index in [1.54, 1.807) is 0 Å². The Balaban J connectivity index is 2.54. The van der Waals surface area contributed by atoms with Crippen LogP contribution in [0.25, 0.3) is 0 Å². The predicted octanol–water partition coefficient (Wildman–Crippen LogP) is 0.650. The minimum atomic E-state index is -5.06. The molecule has 1 amide bonds. The number of hydrogen-bond donors (Lipinski definition) is 3. The summed E-state index contributed by atoms with van der Waals surface area (Å²) in [6.07, 6.45) is -2.54. The maximum atomic E-state index is 12.0. The quantitative estimate of drug-likeness (QED) is 0.699. The van der Waals surface area contributed by atoms with Gasteiger partial charge in [0, 0.05) is 6.04 Å². The van der Waals surface area contributed by atoms with Crippen LogP contribution in [0.5, 0.6) is 0 Å². The lowest BCUT2D eigenvalue weighted by Gasteiger charge is -2.26. The van der Waals surface area contributed by atoms with Crippen LogP contribution < -0.4 is 10.6 Å². The summed E-state index contributed by atoms with van der Waals surface area (Å²) >= 11 is 0. The molecule has 3 N–H and O–H groups in total. The molecule has 2 atom stereocenters. The lowest BCUT2D eigenvalue weighted by atomic mass is 9.98. The highest BCUT2D eigenvalue weighted by Crippen LogP contribution is 2.16. The van der Waals surface area contributed by atoms with Gasteiger partial charge in [0.05, 0.1) is 0 Å². The first-order valence-electron chi connectivity index (χ1n) is 5.64. The zero-order valence-corrected chi connectivity index (χ0v) is 9.59. The highest BCUT2D eigenvalue weighted by atomic mass is 19.4. The molecule has 1 heterocycles. The molecule has 18 heavy (non-hydrogen) atoms. The number of rotatable bonds is 4. The number of carbonyl (C=O) groups is 2. The number of nitrogens with one attached hydrogen (secondary N) is 2. The summed E-state index contributed by atoms with van der Waals surface area (Å²) in [5.41, 5.74) is 0. The Labute approximate surface area is 102 Å².